The van der Waals surface area contributed by atoms with Gasteiger partial charge in [-0.2, -0.15) is 0 Å². The predicted octanol–water partition coefficient (Wildman–Crippen LogP) is 5.19. The predicted molar refractivity (Wildman–Crippen MR) is 79.5 cm³/mol. The van der Waals surface area contributed by atoms with Crippen molar-refractivity contribution in [2.24, 2.45) is 0 Å². The van der Waals surface area contributed by atoms with Crippen LogP contribution in [-0.2, 0) is 5.88 Å². The van der Waals surface area contributed by atoms with Crippen LogP contribution in [0.3, 0.4) is 0 Å². The summed E-state index contributed by atoms with van der Waals surface area (Å²) in [7, 11) is 0. The zero-order valence-corrected chi connectivity index (χ0v) is 12.6. The Kier molecular flexibility index (Phi) is 4.33. The number of aromatic nitrogens is 1. The zero-order chi connectivity index (χ0) is 14.0. The number of halogens is 2. The minimum atomic E-state index is 0.359. The molecule has 0 saturated heterocycles. The summed E-state index contributed by atoms with van der Waals surface area (Å²) in [5.41, 5.74) is 3.94. The van der Waals surface area contributed by atoms with Gasteiger partial charge in [-0.05, 0) is 50.1 Å². The summed E-state index contributed by atoms with van der Waals surface area (Å²) in [5.74, 6) is 1.49. The second-order valence-electron chi connectivity index (χ2n) is 4.53. The van der Waals surface area contributed by atoms with Crippen molar-refractivity contribution < 1.29 is 4.74 Å². The maximum atomic E-state index is 6.14. The normalized spacial score (nSPS) is 10.6. The molecule has 0 spiro atoms. The number of hydrogen-bond acceptors (Lipinski definition) is 2. The van der Waals surface area contributed by atoms with E-state index in [0.29, 0.717) is 22.5 Å². The number of hydrogen-bond donors (Lipinski definition) is 0. The molecule has 1 aromatic carbocycles. The molecule has 0 aliphatic heterocycles. The molecule has 0 bridgehead atoms. The lowest BCUT2D eigenvalue weighted by Gasteiger charge is -2.13. The van der Waals surface area contributed by atoms with E-state index in [-0.39, 0.29) is 0 Å². The second-order valence-corrected chi connectivity index (χ2v) is 5.21. The highest BCUT2D eigenvalue weighted by Gasteiger charge is 2.12. The number of aryl methyl sites for hydroxylation is 3. The Labute approximate surface area is 123 Å². The van der Waals surface area contributed by atoms with E-state index in [1.54, 1.807) is 0 Å². The molecular weight excluding hydrogens is 281 g/mol. The lowest BCUT2D eigenvalue weighted by atomic mass is 10.1. The van der Waals surface area contributed by atoms with Crippen molar-refractivity contribution in [2.45, 2.75) is 26.7 Å². The molecule has 2 nitrogen and oxygen atoms in total. The van der Waals surface area contributed by atoms with Crippen LogP contribution < -0.4 is 4.74 Å². The van der Waals surface area contributed by atoms with Crippen molar-refractivity contribution in [3.8, 4) is 11.6 Å². The van der Waals surface area contributed by atoms with Gasteiger partial charge >= 0.3 is 0 Å². The van der Waals surface area contributed by atoms with Crippen molar-refractivity contribution in [3.63, 3.8) is 0 Å². The monoisotopic (exact) mass is 295 g/mol. The quantitative estimate of drug-likeness (QED) is 0.727. The fourth-order valence-corrected chi connectivity index (χ4v) is 2.35. The van der Waals surface area contributed by atoms with E-state index in [2.05, 4.69) is 4.98 Å². The van der Waals surface area contributed by atoms with E-state index < -0.39 is 0 Å². The molecule has 19 heavy (non-hydrogen) atoms. The number of pyridine rings is 1. The van der Waals surface area contributed by atoms with Gasteiger partial charge in [0.05, 0.1) is 10.9 Å². The zero-order valence-electron chi connectivity index (χ0n) is 11.1. The van der Waals surface area contributed by atoms with Gasteiger partial charge in [0.25, 0.3) is 0 Å². The topological polar surface area (TPSA) is 22.1 Å². The minimum Gasteiger partial charge on any atom is -0.437 e. The van der Waals surface area contributed by atoms with Gasteiger partial charge in [-0.3, -0.25) is 0 Å². The molecule has 0 radical (unpaired) electrons. The Morgan fingerprint density at radius 2 is 1.89 bits per heavy atom. The summed E-state index contributed by atoms with van der Waals surface area (Å²) in [5, 5.41) is 0.562. The van der Waals surface area contributed by atoms with Gasteiger partial charge in [0.15, 0.2) is 0 Å². The van der Waals surface area contributed by atoms with Crippen molar-refractivity contribution in [2.75, 3.05) is 0 Å². The minimum absolute atomic E-state index is 0.359. The van der Waals surface area contributed by atoms with E-state index in [0.717, 1.165) is 22.4 Å². The Bertz CT molecular complexity index is 611. The molecule has 100 valence electrons. The van der Waals surface area contributed by atoms with Crippen molar-refractivity contribution in [1.82, 2.24) is 4.98 Å². The SMILES string of the molecule is Cc1ccc(Cl)c(Oc2nc(C)cc(C)c2CCl)c1. The first-order chi connectivity index (χ1) is 9.01. The maximum Gasteiger partial charge on any atom is 0.224 e. The molecule has 0 amide bonds. The van der Waals surface area contributed by atoms with E-state index in [1.165, 1.54) is 0 Å². The smallest absolute Gasteiger partial charge is 0.224 e. The lowest BCUT2D eigenvalue weighted by Crippen LogP contribution is -1.98. The van der Waals surface area contributed by atoms with Crippen molar-refractivity contribution in [3.05, 3.63) is 51.7 Å². The van der Waals surface area contributed by atoms with Crippen LogP contribution in [0.2, 0.25) is 5.02 Å². The number of ether oxygens (including phenoxy) is 1. The highest BCUT2D eigenvalue weighted by Crippen LogP contribution is 2.32. The third-order valence-electron chi connectivity index (χ3n) is 2.86. The summed E-state index contributed by atoms with van der Waals surface area (Å²) in [6.07, 6.45) is 0. The Balaban J connectivity index is 2.45. The van der Waals surface area contributed by atoms with E-state index in [9.17, 15) is 0 Å². The van der Waals surface area contributed by atoms with Crippen LogP contribution in [0.25, 0.3) is 0 Å². The number of alkyl halides is 1. The summed E-state index contributed by atoms with van der Waals surface area (Å²) < 4.78 is 5.85. The van der Waals surface area contributed by atoms with E-state index >= 15 is 0 Å². The molecule has 0 aliphatic carbocycles. The third-order valence-corrected chi connectivity index (χ3v) is 3.44. The van der Waals surface area contributed by atoms with Crippen LogP contribution >= 0.6 is 23.2 Å². The molecule has 1 heterocycles. The molecule has 1 aromatic heterocycles. The molecule has 0 aliphatic rings. The Morgan fingerprint density at radius 3 is 2.58 bits per heavy atom. The summed E-state index contributed by atoms with van der Waals surface area (Å²) in [6, 6.07) is 7.63. The molecular formula is C15H15Cl2NO. The van der Waals surface area contributed by atoms with Crippen molar-refractivity contribution >= 4 is 23.2 Å². The van der Waals surface area contributed by atoms with Crippen LogP contribution in [0.4, 0.5) is 0 Å². The van der Waals surface area contributed by atoms with Gasteiger partial charge in [0, 0.05) is 11.3 Å². The summed E-state index contributed by atoms with van der Waals surface area (Å²) in [4.78, 5) is 4.41. The van der Waals surface area contributed by atoms with Gasteiger partial charge in [0.2, 0.25) is 5.88 Å². The van der Waals surface area contributed by atoms with Crippen LogP contribution in [0.1, 0.15) is 22.4 Å². The van der Waals surface area contributed by atoms with Gasteiger partial charge in [0.1, 0.15) is 5.75 Å². The first-order valence-corrected chi connectivity index (χ1v) is 6.89. The average molecular weight is 296 g/mol. The fourth-order valence-electron chi connectivity index (χ4n) is 1.87. The molecule has 0 saturated carbocycles. The Hall–Kier alpha value is -1.25. The van der Waals surface area contributed by atoms with Gasteiger partial charge in [-0.1, -0.05) is 17.7 Å². The largest absolute Gasteiger partial charge is 0.437 e. The van der Waals surface area contributed by atoms with Gasteiger partial charge < -0.3 is 4.74 Å². The van der Waals surface area contributed by atoms with Crippen LogP contribution in [0, 0.1) is 20.8 Å². The molecule has 2 aromatic rings. The summed E-state index contributed by atoms with van der Waals surface area (Å²) >= 11 is 12.1. The van der Waals surface area contributed by atoms with Crippen LogP contribution in [0.15, 0.2) is 24.3 Å². The number of rotatable bonds is 3. The molecule has 0 atom stereocenters. The van der Waals surface area contributed by atoms with Gasteiger partial charge in [-0.25, -0.2) is 4.98 Å². The third kappa shape index (κ3) is 3.20. The molecule has 2 rings (SSSR count). The second kappa shape index (κ2) is 5.81. The Morgan fingerprint density at radius 1 is 1.16 bits per heavy atom. The van der Waals surface area contributed by atoms with Crippen molar-refractivity contribution in [1.29, 1.82) is 0 Å². The molecule has 0 fully saturated rings. The maximum absolute atomic E-state index is 6.14. The number of benzene rings is 1. The van der Waals surface area contributed by atoms with E-state index in [4.69, 9.17) is 27.9 Å². The van der Waals surface area contributed by atoms with E-state index in [1.807, 2.05) is 45.0 Å². The molecule has 0 N–H and O–H groups in total. The number of nitrogens with zero attached hydrogens (tertiary/aromatic N) is 1. The highest BCUT2D eigenvalue weighted by atomic mass is 35.5. The fraction of sp³-hybridized carbons (Fsp3) is 0.267. The standard InChI is InChI=1S/C15H15Cl2NO/c1-9-4-5-13(17)14(6-9)19-15-12(8-16)10(2)7-11(3)18-15/h4-7H,8H2,1-3H3. The lowest BCUT2D eigenvalue weighted by molar-refractivity contribution is 0.456. The average Bonchev–Trinajstić information content (AvgIpc) is 2.33. The molecule has 4 heteroatoms. The summed E-state index contributed by atoms with van der Waals surface area (Å²) in [6.45, 7) is 5.91. The first-order valence-electron chi connectivity index (χ1n) is 5.98. The molecule has 0 unspecified atom stereocenters. The van der Waals surface area contributed by atoms with Crippen LogP contribution in [0.5, 0.6) is 11.6 Å². The highest BCUT2D eigenvalue weighted by molar-refractivity contribution is 6.32. The first kappa shape index (κ1) is 14.2. The van der Waals surface area contributed by atoms with Crippen LogP contribution in [-0.4, -0.2) is 4.98 Å². The van der Waals surface area contributed by atoms with Gasteiger partial charge in [-0.15, -0.1) is 11.6 Å².